The van der Waals surface area contributed by atoms with Crippen LogP contribution in [-0.2, 0) is 4.74 Å². The molecule has 0 bridgehead atoms. The highest BCUT2D eigenvalue weighted by Gasteiger charge is 2.15. The molecule has 0 aromatic carbocycles. The molecule has 0 radical (unpaired) electrons. The molecule has 0 saturated carbocycles. The van der Waals surface area contributed by atoms with Gasteiger partial charge in [0.15, 0.2) is 5.96 Å². The first-order valence-electron chi connectivity index (χ1n) is 6.54. The lowest BCUT2D eigenvalue weighted by Crippen LogP contribution is -2.43. The Balaban J connectivity index is 0. The van der Waals surface area contributed by atoms with Crippen LogP contribution in [0.4, 0.5) is 0 Å². The van der Waals surface area contributed by atoms with Gasteiger partial charge in [-0.2, -0.15) is 11.8 Å². The number of nitrogens with one attached hydrogen (secondary N) is 2. The Hall–Kier alpha value is 0.310. The van der Waals surface area contributed by atoms with E-state index in [1.807, 2.05) is 18.8 Å². The van der Waals surface area contributed by atoms with Crippen molar-refractivity contribution in [3.05, 3.63) is 0 Å². The van der Waals surface area contributed by atoms with Gasteiger partial charge in [-0.15, -0.1) is 24.0 Å². The lowest BCUT2D eigenvalue weighted by atomic mass is 10.2. The zero-order valence-electron chi connectivity index (χ0n) is 12.9. The number of hydrogen-bond acceptors (Lipinski definition) is 3. The van der Waals surface area contributed by atoms with Gasteiger partial charge in [-0.25, -0.2) is 0 Å². The molecule has 0 aromatic rings. The molecule has 0 rings (SSSR count). The minimum absolute atomic E-state index is 0. The van der Waals surface area contributed by atoms with Gasteiger partial charge in [-0.3, -0.25) is 4.99 Å². The monoisotopic (exact) mass is 403 g/mol. The third kappa shape index (κ3) is 13.1. The Morgan fingerprint density at radius 3 is 2.42 bits per heavy atom. The molecule has 0 aliphatic heterocycles. The lowest BCUT2D eigenvalue weighted by Gasteiger charge is -2.23. The summed E-state index contributed by atoms with van der Waals surface area (Å²) >= 11 is 1.86. The first kappa shape index (κ1) is 21.6. The van der Waals surface area contributed by atoms with Crippen molar-refractivity contribution in [2.24, 2.45) is 4.99 Å². The molecule has 0 atom stereocenters. The van der Waals surface area contributed by atoms with Gasteiger partial charge in [0.25, 0.3) is 0 Å². The molecule has 4 nitrogen and oxygen atoms in total. The van der Waals surface area contributed by atoms with E-state index >= 15 is 0 Å². The maximum absolute atomic E-state index is 5.02. The molecule has 0 spiro atoms. The molecule has 0 heterocycles. The normalized spacial score (nSPS) is 11.9. The number of guanidine groups is 1. The summed E-state index contributed by atoms with van der Waals surface area (Å²) in [5, 5.41) is 6.69. The number of halogens is 1. The van der Waals surface area contributed by atoms with E-state index in [2.05, 4.69) is 35.7 Å². The van der Waals surface area contributed by atoms with Crippen molar-refractivity contribution in [2.75, 3.05) is 40.1 Å². The van der Waals surface area contributed by atoms with Crippen LogP contribution >= 0.6 is 35.7 Å². The van der Waals surface area contributed by atoms with Crippen LogP contribution in [0.1, 0.15) is 33.1 Å². The van der Waals surface area contributed by atoms with Crippen molar-refractivity contribution in [2.45, 2.75) is 37.9 Å². The molecule has 2 N–H and O–H groups in total. The summed E-state index contributed by atoms with van der Waals surface area (Å²) in [4.78, 5) is 4.22. The maximum Gasteiger partial charge on any atom is 0.191 e. The summed E-state index contributed by atoms with van der Waals surface area (Å²) in [6.07, 6.45) is 5.60. The average molecular weight is 403 g/mol. The van der Waals surface area contributed by atoms with Gasteiger partial charge >= 0.3 is 0 Å². The van der Waals surface area contributed by atoms with Gasteiger partial charge in [-0.1, -0.05) is 0 Å². The van der Waals surface area contributed by atoms with Crippen LogP contribution in [-0.4, -0.2) is 50.8 Å². The molecule has 0 aliphatic carbocycles. The zero-order chi connectivity index (χ0) is 13.9. The second kappa shape index (κ2) is 13.3. The quantitative estimate of drug-likeness (QED) is 0.269. The summed E-state index contributed by atoms with van der Waals surface area (Å²) in [6.45, 7) is 7.18. The van der Waals surface area contributed by atoms with E-state index < -0.39 is 0 Å². The standard InChI is InChI=1S/C13H29N3OS.HI/c1-13(2,18-5)11-16-12(14-3)15-9-7-6-8-10-17-4;/h6-11H2,1-5H3,(H2,14,15,16);1H. The van der Waals surface area contributed by atoms with E-state index in [0.29, 0.717) is 0 Å². The van der Waals surface area contributed by atoms with Crippen LogP contribution in [0.25, 0.3) is 0 Å². The van der Waals surface area contributed by atoms with E-state index in [0.717, 1.165) is 38.5 Å². The van der Waals surface area contributed by atoms with Crippen LogP contribution in [0, 0.1) is 0 Å². The predicted octanol–water partition coefficient (Wildman–Crippen LogP) is 2.73. The number of ether oxygens (including phenoxy) is 1. The van der Waals surface area contributed by atoms with Gasteiger partial charge in [0, 0.05) is 38.6 Å². The summed E-state index contributed by atoms with van der Waals surface area (Å²) in [5.41, 5.74) is 0. The number of unbranched alkanes of at least 4 members (excludes halogenated alkanes) is 2. The number of thioether (sulfide) groups is 1. The van der Waals surface area contributed by atoms with Crippen molar-refractivity contribution in [1.82, 2.24) is 10.6 Å². The van der Waals surface area contributed by atoms with Crippen LogP contribution in [0.2, 0.25) is 0 Å². The van der Waals surface area contributed by atoms with Gasteiger partial charge in [0.1, 0.15) is 0 Å². The molecule has 0 unspecified atom stereocenters. The highest BCUT2D eigenvalue weighted by atomic mass is 127. The molecule has 0 saturated heterocycles. The summed E-state index contributed by atoms with van der Waals surface area (Å²) < 4.78 is 5.25. The van der Waals surface area contributed by atoms with E-state index in [1.54, 1.807) is 7.11 Å². The molecule has 19 heavy (non-hydrogen) atoms. The minimum Gasteiger partial charge on any atom is -0.385 e. The summed E-state index contributed by atoms with van der Waals surface area (Å²) in [6, 6.07) is 0. The molecule has 0 amide bonds. The first-order valence-corrected chi connectivity index (χ1v) is 7.77. The summed E-state index contributed by atoms with van der Waals surface area (Å²) in [7, 11) is 3.56. The minimum atomic E-state index is 0. The fourth-order valence-electron chi connectivity index (χ4n) is 1.34. The number of hydrogen-bond donors (Lipinski definition) is 2. The van der Waals surface area contributed by atoms with Gasteiger partial charge in [0.05, 0.1) is 0 Å². The van der Waals surface area contributed by atoms with Crippen molar-refractivity contribution >= 4 is 41.7 Å². The fourth-order valence-corrected chi connectivity index (χ4v) is 1.56. The average Bonchev–Trinajstić information content (AvgIpc) is 2.37. The number of nitrogens with zero attached hydrogens (tertiary/aromatic N) is 1. The maximum atomic E-state index is 5.02. The smallest absolute Gasteiger partial charge is 0.191 e. The second-order valence-electron chi connectivity index (χ2n) is 4.87. The number of methoxy groups -OCH3 is 1. The molecule has 0 aromatic heterocycles. The molecule has 116 valence electrons. The molecule has 0 fully saturated rings. The third-order valence-electron chi connectivity index (χ3n) is 2.78. The van der Waals surface area contributed by atoms with Crippen LogP contribution in [0.5, 0.6) is 0 Å². The topological polar surface area (TPSA) is 45.7 Å². The second-order valence-corrected chi connectivity index (χ2v) is 6.38. The van der Waals surface area contributed by atoms with E-state index in [4.69, 9.17) is 4.74 Å². The van der Waals surface area contributed by atoms with Crippen LogP contribution in [0.15, 0.2) is 4.99 Å². The number of rotatable bonds is 9. The molecular weight excluding hydrogens is 373 g/mol. The largest absolute Gasteiger partial charge is 0.385 e. The lowest BCUT2D eigenvalue weighted by molar-refractivity contribution is 0.192. The van der Waals surface area contributed by atoms with Gasteiger partial charge in [0.2, 0.25) is 0 Å². The van der Waals surface area contributed by atoms with E-state index in [-0.39, 0.29) is 28.7 Å². The third-order valence-corrected chi connectivity index (χ3v) is 4.02. The molecule has 0 aliphatic rings. The zero-order valence-corrected chi connectivity index (χ0v) is 16.1. The first-order chi connectivity index (χ1) is 8.55. The van der Waals surface area contributed by atoms with E-state index in [9.17, 15) is 0 Å². The van der Waals surface area contributed by atoms with Crippen molar-refractivity contribution in [3.8, 4) is 0 Å². The molecule has 6 heteroatoms. The molecular formula is C13H30IN3OS. The fraction of sp³-hybridized carbons (Fsp3) is 0.923. The SMILES string of the molecule is CN=C(NCCCCCOC)NCC(C)(C)SC.I. The summed E-state index contributed by atoms with van der Waals surface area (Å²) in [5.74, 6) is 0.892. The Kier molecular flexibility index (Phi) is 15.1. The highest BCUT2D eigenvalue weighted by molar-refractivity contribution is 14.0. The Morgan fingerprint density at radius 2 is 1.89 bits per heavy atom. The Bertz CT molecular complexity index is 238. The van der Waals surface area contributed by atoms with Crippen molar-refractivity contribution < 1.29 is 4.74 Å². The van der Waals surface area contributed by atoms with Crippen molar-refractivity contribution in [1.29, 1.82) is 0 Å². The van der Waals surface area contributed by atoms with Crippen molar-refractivity contribution in [3.63, 3.8) is 0 Å². The van der Waals surface area contributed by atoms with Gasteiger partial charge in [-0.05, 0) is 39.4 Å². The van der Waals surface area contributed by atoms with Crippen LogP contribution < -0.4 is 10.6 Å². The van der Waals surface area contributed by atoms with Gasteiger partial charge < -0.3 is 15.4 Å². The Morgan fingerprint density at radius 1 is 1.21 bits per heavy atom. The van der Waals surface area contributed by atoms with E-state index in [1.165, 1.54) is 6.42 Å². The Labute approximate surface area is 139 Å². The number of aliphatic imine (C=N–C) groups is 1. The van der Waals surface area contributed by atoms with Crippen LogP contribution in [0.3, 0.4) is 0 Å². The predicted molar refractivity (Wildman–Crippen MR) is 98.1 cm³/mol. The highest BCUT2D eigenvalue weighted by Crippen LogP contribution is 2.19.